The van der Waals surface area contributed by atoms with E-state index in [2.05, 4.69) is 59.9 Å². The third-order valence-electron chi connectivity index (χ3n) is 3.17. The maximum absolute atomic E-state index is 6.14. The molecule has 0 aromatic heterocycles. The lowest BCUT2D eigenvalue weighted by atomic mass is 9.99. The van der Waals surface area contributed by atoms with Crippen molar-refractivity contribution in [1.29, 1.82) is 0 Å². The minimum absolute atomic E-state index is 0.147. The molecule has 1 aromatic carbocycles. The van der Waals surface area contributed by atoms with Crippen molar-refractivity contribution >= 4 is 27.7 Å². The van der Waals surface area contributed by atoms with Crippen LogP contribution in [0, 0.1) is 0 Å². The van der Waals surface area contributed by atoms with Gasteiger partial charge in [0.2, 0.25) is 0 Å². The molecule has 1 aliphatic rings. The summed E-state index contributed by atoms with van der Waals surface area (Å²) in [5, 5.41) is 0. The van der Waals surface area contributed by atoms with Crippen molar-refractivity contribution in [3.8, 4) is 0 Å². The van der Waals surface area contributed by atoms with Crippen molar-refractivity contribution in [3.63, 3.8) is 0 Å². The third-order valence-corrected chi connectivity index (χ3v) is 4.78. The van der Waals surface area contributed by atoms with Crippen molar-refractivity contribution in [3.05, 3.63) is 28.2 Å². The molecule has 1 unspecified atom stereocenters. The molecule has 2 rings (SSSR count). The lowest BCUT2D eigenvalue weighted by molar-refractivity contribution is 0.196. The Hall–Kier alpha value is -0.0300. The molecule has 1 heterocycles. The maximum Gasteiger partial charge on any atom is 0.0365 e. The molecule has 0 fully saturated rings. The quantitative estimate of drug-likeness (QED) is 0.918. The van der Waals surface area contributed by atoms with Gasteiger partial charge in [0.25, 0.3) is 0 Å². The topological polar surface area (TPSA) is 29.3 Å². The number of nitrogens with two attached hydrogens (primary N) is 1. The van der Waals surface area contributed by atoms with Crippen molar-refractivity contribution in [1.82, 2.24) is 4.90 Å². The van der Waals surface area contributed by atoms with E-state index in [1.54, 1.807) is 0 Å². The minimum Gasteiger partial charge on any atom is -0.324 e. The van der Waals surface area contributed by atoms with Crippen LogP contribution in [-0.2, 0) is 0 Å². The van der Waals surface area contributed by atoms with E-state index < -0.39 is 0 Å². The van der Waals surface area contributed by atoms with E-state index in [9.17, 15) is 0 Å². The molecule has 1 atom stereocenters. The van der Waals surface area contributed by atoms with Gasteiger partial charge in [0.1, 0.15) is 0 Å². The van der Waals surface area contributed by atoms with Gasteiger partial charge >= 0.3 is 0 Å². The first-order valence-electron chi connectivity index (χ1n) is 6.28. The molecule has 0 saturated carbocycles. The number of halogens is 1. The van der Waals surface area contributed by atoms with E-state index >= 15 is 0 Å². The molecule has 2 N–H and O–H groups in total. The second-order valence-corrected chi connectivity index (χ2v) is 7.79. The fourth-order valence-corrected chi connectivity index (χ4v) is 4.02. The lowest BCUT2D eigenvalue weighted by Crippen LogP contribution is -2.45. The number of nitrogens with zero attached hydrogens (tertiary/aromatic N) is 1. The minimum atomic E-state index is -0.147. The fourth-order valence-electron chi connectivity index (χ4n) is 2.56. The molecule has 4 heteroatoms. The summed E-state index contributed by atoms with van der Waals surface area (Å²) in [6, 6.07) is 7.09. The standard InChI is InChI=1S/C14H21BrN2S/c1-14(2,16)9-17(3)12-6-7-18-13-5-4-10(15)8-11(12)13/h4-5,8,12H,6-7,9,16H2,1-3H3. The van der Waals surface area contributed by atoms with Crippen LogP contribution < -0.4 is 5.73 Å². The monoisotopic (exact) mass is 328 g/mol. The van der Waals surface area contributed by atoms with Gasteiger partial charge in [-0.15, -0.1) is 11.8 Å². The van der Waals surface area contributed by atoms with Crippen LogP contribution in [0.25, 0.3) is 0 Å². The summed E-state index contributed by atoms with van der Waals surface area (Å²) in [5.41, 5.74) is 7.43. The number of thioether (sulfide) groups is 1. The van der Waals surface area contributed by atoms with E-state index in [0.29, 0.717) is 6.04 Å². The Morgan fingerprint density at radius 1 is 1.50 bits per heavy atom. The van der Waals surface area contributed by atoms with Crippen LogP contribution in [0.4, 0.5) is 0 Å². The number of hydrogen-bond donors (Lipinski definition) is 1. The number of likely N-dealkylation sites (N-methyl/N-ethyl adjacent to an activating group) is 1. The van der Waals surface area contributed by atoms with E-state index in [1.165, 1.54) is 22.6 Å². The van der Waals surface area contributed by atoms with Crippen molar-refractivity contribution in [2.24, 2.45) is 5.73 Å². The van der Waals surface area contributed by atoms with Crippen molar-refractivity contribution in [2.75, 3.05) is 19.3 Å². The SMILES string of the molecule is CN(CC(C)(C)N)C1CCSc2ccc(Br)cc21. The van der Waals surface area contributed by atoms with Crippen molar-refractivity contribution in [2.45, 2.75) is 36.7 Å². The molecule has 0 saturated heterocycles. The summed E-state index contributed by atoms with van der Waals surface area (Å²) in [6.45, 7) is 5.08. The second-order valence-electron chi connectivity index (χ2n) is 5.74. The zero-order valence-electron chi connectivity index (χ0n) is 11.2. The van der Waals surface area contributed by atoms with Gasteiger partial charge in [0.05, 0.1) is 0 Å². The van der Waals surface area contributed by atoms with Gasteiger partial charge in [-0.25, -0.2) is 0 Å². The Morgan fingerprint density at radius 2 is 2.22 bits per heavy atom. The summed E-state index contributed by atoms with van der Waals surface area (Å²) in [7, 11) is 2.18. The summed E-state index contributed by atoms with van der Waals surface area (Å²) in [6.07, 6.45) is 1.20. The summed E-state index contributed by atoms with van der Waals surface area (Å²) in [5.74, 6) is 1.19. The first kappa shape index (κ1) is 14.4. The molecule has 0 bridgehead atoms. The largest absolute Gasteiger partial charge is 0.324 e. The van der Waals surface area contributed by atoms with E-state index in [0.717, 1.165) is 11.0 Å². The Bertz CT molecular complexity index is 428. The smallest absolute Gasteiger partial charge is 0.0365 e. The normalized spacial score (nSPS) is 20.0. The van der Waals surface area contributed by atoms with Crippen LogP contribution >= 0.6 is 27.7 Å². The molecule has 2 nitrogen and oxygen atoms in total. The zero-order valence-corrected chi connectivity index (χ0v) is 13.6. The number of fused-ring (bicyclic) bond motifs is 1. The maximum atomic E-state index is 6.14. The molecule has 0 amide bonds. The first-order valence-corrected chi connectivity index (χ1v) is 8.06. The number of rotatable bonds is 3. The molecule has 1 aliphatic heterocycles. The van der Waals surface area contributed by atoms with Gasteiger partial charge in [0, 0.05) is 27.5 Å². The predicted octanol–water partition coefficient (Wildman–Crippen LogP) is 3.66. The number of benzene rings is 1. The van der Waals surface area contributed by atoms with Gasteiger partial charge in [-0.1, -0.05) is 15.9 Å². The average Bonchev–Trinajstić information content (AvgIpc) is 2.25. The van der Waals surface area contributed by atoms with Gasteiger partial charge in [0.15, 0.2) is 0 Å². The Morgan fingerprint density at radius 3 is 2.89 bits per heavy atom. The van der Waals surface area contributed by atoms with E-state index in [1.807, 2.05) is 11.8 Å². The summed E-state index contributed by atoms with van der Waals surface area (Å²) in [4.78, 5) is 3.81. The fraction of sp³-hybridized carbons (Fsp3) is 0.571. The molecular formula is C14H21BrN2S. The van der Waals surface area contributed by atoms with Crippen LogP contribution in [-0.4, -0.2) is 29.8 Å². The lowest BCUT2D eigenvalue weighted by Gasteiger charge is -2.36. The molecular weight excluding hydrogens is 308 g/mol. The van der Waals surface area contributed by atoms with Crippen LogP contribution in [0.2, 0.25) is 0 Å². The summed E-state index contributed by atoms with van der Waals surface area (Å²) < 4.78 is 1.16. The average molecular weight is 329 g/mol. The molecule has 0 spiro atoms. The van der Waals surface area contributed by atoms with Crippen LogP contribution in [0.3, 0.4) is 0 Å². The van der Waals surface area contributed by atoms with Gasteiger partial charge in [-0.05, 0) is 56.8 Å². The van der Waals surface area contributed by atoms with E-state index in [-0.39, 0.29) is 5.54 Å². The molecule has 100 valence electrons. The summed E-state index contributed by atoms with van der Waals surface area (Å²) >= 11 is 5.53. The Balaban J connectivity index is 2.24. The van der Waals surface area contributed by atoms with Gasteiger partial charge in [-0.2, -0.15) is 0 Å². The highest BCUT2D eigenvalue weighted by molar-refractivity contribution is 9.10. The highest BCUT2D eigenvalue weighted by Crippen LogP contribution is 2.40. The molecule has 18 heavy (non-hydrogen) atoms. The van der Waals surface area contributed by atoms with Crippen LogP contribution in [0.5, 0.6) is 0 Å². The van der Waals surface area contributed by atoms with E-state index in [4.69, 9.17) is 5.73 Å². The van der Waals surface area contributed by atoms with Crippen LogP contribution in [0.1, 0.15) is 31.9 Å². The van der Waals surface area contributed by atoms with Gasteiger partial charge < -0.3 is 5.73 Å². The number of hydrogen-bond acceptors (Lipinski definition) is 3. The molecule has 1 aromatic rings. The van der Waals surface area contributed by atoms with Gasteiger partial charge in [-0.3, -0.25) is 4.90 Å². The molecule has 0 radical (unpaired) electrons. The van der Waals surface area contributed by atoms with Crippen molar-refractivity contribution < 1.29 is 0 Å². The zero-order chi connectivity index (χ0) is 13.3. The third kappa shape index (κ3) is 3.50. The Labute approximate surface area is 122 Å². The van der Waals surface area contributed by atoms with Crippen LogP contribution in [0.15, 0.2) is 27.6 Å². The molecule has 0 aliphatic carbocycles. The Kier molecular flexibility index (Phi) is 4.42. The highest BCUT2D eigenvalue weighted by Gasteiger charge is 2.27. The first-order chi connectivity index (χ1) is 8.37. The predicted molar refractivity (Wildman–Crippen MR) is 83.1 cm³/mol. The second kappa shape index (κ2) is 5.53. The highest BCUT2D eigenvalue weighted by atomic mass is 79.9.